The summed E-state index contributed by atoms with van der Waals surface area (Å²) >= 11 is 0. The Morgan fingerprint density at radius 2 is 1.79 bits per heavy atom. The SMILES string of the molecule is Cc1c(C)c(O)c2c(c1C)COC2=O. The minimum Gasteiger partial charge on any atom is -0.507 e. The number of cyclic esters (lactones) is 1. The summed E-state index contributed by atoms with van der Waals surface area (Å²) < 4.78 is 4.90. The molecular formula is C11H12O3. The van der Waals surface area contributed by atoms with E-state index in [0.29, 0.717) is 5.56 Å². The van der Waals surface area contributed by atoms with Crippen molar-refractivity contribution in [2.75, 3.05) is 0 Å². The highest BCUT2D eigenvalue weighted by Crippen LogP contribution is 2.36. The number of fused-ring (bicyclic) bond motifs is 1. The number of hydrogen-bond acceptors (Lipinski definition) is 3. The van der Waals surface area contributed by atoms with Crippen LogP contribution in [0.5, 0.6) is 5.75 Å². The van der Waals surface area contributed by atoms with E-state index in [2.05, 4.69) is 0 Å². The monoisotopic (exact) mass is 192 g/mol. The van der Waals surface area contributed by atoms with E-state index in [1.807, 2.05) is 20.8 Å². The average Bonchev–Trinajstić information content (AvgIpc) is 2.54. The van der Waals surface area contributed by atoms with Crippen molar-refractivity contribution >= 4 is 5.97 Å². The summed E-state index contributed by atoms with van der Waals surface area (Å²) in [5.41, 5.74) is 4.02. The molecule has 2 rings (SSSR count). The minimum atomic E-state index is -0.413. The molecular weight excluding hydrogens is 180 g/mol. The zero-order valence-electron chi connectivity index (χ0n) is 8.47. The summed E-state index contributed by atoms with van der Waals surface area (Å²) in [6.07, 6.45) is 0. The van der Waals surface area contributed by atoms with E-state index in [1.54, 1.807) is 0 Å². The number of ether oxygens (including phenoxy) is 1. The van der Waals surface area contributed by atoms with Crippen LogP contribution in [0.15, 0.2) is 0 Å². The molecule has 3 heteroatoms. The molecule has 3 nitrogen and oxygen atoms in total. The number of carbonyl (C=O) groups is 1. The van der Waals surface area contributed by atoms with Gasteiger partial charge in [-0.1, -0.05) is 0 Å². The van der Waals surface area contributed by atoms with Gasteiger partial charge in [0.2, 0.25) is 0 Å². The number of rotatable bonds is 0. The maximum absolute atomic E-state index is 11.3. The van der Waals surface area contributed by atoms with E-state index in [4.69, 9.17) is 4.74 Å². The highest BCUT2D eigenvalue weighted by atomic mass is 16.5. The number of aromatic hydroxyl groups is 1. The lowest BCUT2D eigenvalue weighted by Crippen LogP contribution is -1.99. The average molecular weight is 192 g/mol. The second kappa shape index (κ2) is 2.74. The van der Waals surface area contributed by atoms with E-state index in [9.17, 15) is 9.90 Å². The molecule has 0 fully saturated rings. The molecule has 0 aromatic heterocycles. The molecule has 0 bridgehead atoms. The molecule has 1 aromatic rings. The third-order valence-electron chi connectivity index (χ3n) is 3.02. The lowest BCUT2D eigenvalue weighted by atomic mass is 9.94. The van der Waals surface area contributed by atoms with Crippen LogP contribution in [0.25, 0.3) is 0 Å². The normalized spacial score (nSPS) is 14.1. The van der Waals surface area contributed by atoms with Crippen molar-refractivity contribution in [1.29, 1.82) is 0 Å². The van der Waals surface area contributed by atoms with Gasteiger partial charge >= 0.3 is 5.97 Å². The molecule has 0 saturated carbocycles. The summed E-state index contributed by atoms with van der Waals surface area (Å²) in [4.78, 5) is 11.3. The van der Waals surface area contributed by atoms with Crippen LogP contribution in [-0.4, -0.2) is 11.1 Å². The van der Waals surface area contributed by atoms with Crippen LogP contribution in [0, 0.1) is 20.8 Å². The zero-order chi connectivity index (χ0) is 10.5. The third-order valence-corrected chi connectivity index (χ3v) is 3.02. The Kier molecular flexibility index (Phi) is 1.77. The van der Waals surface area contributed by atoms with Gasteiger partial charge in [0, 0.05) is 5.56 Å². The highest BCUT2D eigenvalue weighted by molar-refractivity contribution is 5.97. The summed E-state index contributed by atoms with van der Waals surface area (Å²) in [7, 11) is 0. The van der Waals surface area contributed by atoms with Gasteiger partial charge in [0.05, 0.1) is 0 Å². The van der Waals surface area contributed by atoms with Crippen LogP contribution in [-0.2, 0) is 11.3 Å². The molecule has 74 valence electrons. The van der Waals surface area contributed by atoms with Crippen LogP contribution < -0.4 is 0 Å². The number of benzene rings is 1. The second-order valence-electron chi connectivity index (χ2n) is 3.65. The van der Waals surface area contributed by atoms with Gasteiger partial charge in [-0.15, -0.1) is 0 Å². The van der Waals surface area contributed by atoms with Crippen LogP contribution in [0.1, 0.15) is 32.6 Å². The minimum absolute atomic E-state index is 0.0746. The molecule has 1 heterocycles. The topological polar surface area (TPSA) is 46.5 Å². The molecule has 0 atom stereocenters. The van der Waals surface area contributed by atoms with Crippen molar-refractivity contribution in [2.45, 2.75) is 27.4 Å². The third kappa shape index (κ3) is 0.953. The van der Waals surface area contributed by atoms with Gasteiger partial charge in [-0.25, -0.2) is 4.79 Å². The molecule has 1 N–H and O–H groups in total. The Morgan fingerprint density at radius 1 is 1.14 bits per heavy atom. The summed E-state index contributed by atoms with van der Waals surface area (Å²) in [5.74, 6) is -0.339. The molecule has 0 amide bonds. The summed E-state index contributed by atoms with van der Waals surface area (Å²) in [5, 5.41) is 9.79. The van der Waals surface area contributed by atoms with Gasteiger partial charge in [-0.05, 0) is 37.5 Å². The first-order valence-electron chi connectivity index (χ1n) is 4.52. The van der Waals surface area contributed by atoms with Crippen LogP contribution in [0.3, 0.4) is 0 Å². The Labute approximate surface area is 82.3 Å². The van der Waals surface area contributed by atoms with Crippen molar-refractivity contribution in [1.82, 2.24) is 0 Å². The lowest BCUT2D eigenvalue weighted by molar-refractivity contribution is 0.0533. The van der Waals surface area contributed by atoms with Crippen LogP contribution in [0.2, 0.25) is 0 Å². The fourth-order valence-electron chi connectivity index (χ4n) is 1.81. The number of carbonyl (C=O) groups excluding carboxylic acids is 1. The Balaban J connectivity index is 2.84. The first-order valence-corrected chi connectivity index (χ1v) is 4.52. The lowest BCUT2D eigenvalue weighted by Gasteiger charge is -2.10. The molecule has 14 heavy (non-hydrogen) atoms. The standard InChI is InChI=1S/C11H12O3/c1-5-6(2)8-4-14-11(13)9(8)10(12)7(5)3/h12H,4H2,1-3H3. The molecule has 0 unspecified atom stereocenters. The maximum Gasteiger partial charge on any atom is 0.342 e. The van der Waals surface area contributed by atoms with Crippen LogP contribution in [0.4, 0.5) is 0 Å². The zero-order valence-corrected chi connectivity index (χ0v) is 8.47. The van der Waals surface area contributed by atoms with E-state index < -0.39 is 5.97 Å². The predicted molar refractivity (Wildman–Crippen MR) is 51.4 cm³/mol. The summed E-state index contributed by atoms with van der Waals surface area (Å²) in [6, 6.07) is 0. The Hall–Kier alpha value is -1.51. The van der Waals surface area contributed by atoms with Crippen molar-refractivity contribution < 1.29 is 14.6 Å². The fourth-order valence-corrected chi connectivity index (χ4v) is 1.81. The molecule has 0 spiro atoms. The number of hydrogen-bond donors (Lipinski definition) is 1. The number of esters is 1. The quantitative estimate of drug-likeness (QED) is 0.639. The number of phenolic OH excluding ortho intramolecular Hbond substituents is 1. The van der Waals surface area contributed by atoms with Gasteiger partial charge in [-0.3, -0.25) is 0 Å². The fraction of sp³-hybridized carbons (Fsp3) is 0.364. The van der Waals surface area contributed by atoms with Crippen molar-refractivity contribution in [3.8, 4) is 5.75 Å². The first kappa shape index (κ1) is 9.06. The second-order valence-corrected chi connectivity index (χ2v) is 3.65. The van der Waals surface area contributed by atoms with Crippen molar-refractivity contribution in [3.63, 3.8) is 0 Å². The van der Waals surface area contributed by atoms with Crippen LogP contribution >= 0.6 is 0 Å². The van der Waals surface area contributed by atoms with E-state index in [1.165, 1.54) is 0 Å². The molecule has 1 aliphatic heterocycles. The smallest absolute Gasteiger partial charge is 0.342 e. The van der Waals surface area contributed by atoms with Gasteiger partial charge in [0.1, 0.15) is 17.9 Å². The molecule has 1 aromatic carbocycles. The molecule has 0 aliphatic carbocycles. The largest absolute Gasteiger partial charge is 0.507 e. The maximum atomic E-state index is 11.3. The predicted octanol–water partition coefficient (Wildman–Crippen LogP) is 1.99. The van der Waals surface area contributed by atoms with Gasteiger partial charge in [-0.2, -0.15) is 0 Å². The Morgan fingerprint density at radius 3 is 2.43 bits per heavy atom. The van der Waals surface area contributed by atoms with E-state index in [0.717, 1.165) is 22.3 Å². The molecule has 1 aliphatic rings. The highest BCUT2D eigenvalue weighted by Gasteiger charge is 2.29. The van der Waals surface area contributed by atoms with Gasteiger partial charge in [0.15, 0.2) is 0 Å². The van der Waals surface area contributed by atoms with Crippen molar-refractivity contribution in [2.24, 2.45) is 0 Å². The van der Waals surface area contributed by atoms with Gasteiger partial charge in [0.25, 0.3) is 0 Å². The van der Waals surface area contributed by atoms with Crippen molar-refractivity contribution in [3.05, 3.63) is 27.8 Å². The Bertz CT molecular complexity index is 433. The summed E-state index contributed by atoms with van der Waals surface area (Å²) in [6.45, 7) is 5.98. The molecule has 0 radical (unpaired) electrons. The number of phenols is 1. The van der Waals surface area contributed by atoms with E-state index in [-0.39, 0.29) is 12.4 Å². The van der Waals surface area contributed by atoms with Gasteiger partial charge < -0.3 is 9.84 Å². The van der Waals surface area contributed by atoms with E-state index >= 15 is 0 Å². The molecule has 0 saturated heterocycles. The first-order chi connectivity index (χ1) is 6.54.